The van der Waals surface area contributed by atoms with Crippen molar-refractivity contribution < 1.29 is 18.0 Å². The third-order valence-electron chi connectivity index (χ3n) is 2.74. The zero-order valence-electron chi connectivity index (χ0n) is 10.4. The number of carbonyl (C=O) groups is 1. The Balaban J connectivity index is 2.19. The lowest BCUT2D eigenvalue weighted by Crippen LogP contribution is -2.10. The van der Waals surface area contributed by atoms with Crippen molar-refractivity contribution in [2.45, 2.75) is 12.6 Å². The molecular formula is C14H8Cl2F3NO. The fraction of sp³-hybridized carbons (Fsp3) is 0.143. The molecule has 2 nitrogen and oxygen atoms in total. The number of alkyl halides is 3. The zero-order valence-corrected chi connectivity index (χ0v) is 11.9. The summed E-state index contributed by atoms with van der Waals surface area (Å²) >= 11 is 11.7. The molecule has 0 atom stereocenters. The van der Waals surface area contributed by atoms with Crippen LogP contribution in [-0.2, 0) is 12.6 Å². The summed E-state index contributed by atoms with van der Waals surface area (Å²) in [7, 11) is 0. The molecule has 0 spiro atoms. The summed E-state index contributed by atoms with van der Waals surface area (Å²) in [5.74, 6) is -0.437. The van der Waals surface area contributed by atoms with E-state index in [4.69, 9.17) is 23.2 Å². The lowest BCUT2D eigenvalue weighted by molar-refractivity contribution is -0.137. The van der Waals surface area contributed by atoms with Crippen molar-refractivity contribution in [3.63, 3.8) is 0 Å². The van der Waals surface area contributed by atoms with E-state index in [9.17, 15) is 18.0 Å². The van der Waals surface area contributed by atoms with Gasteiger partial charge in [-0.1, -0.05) is 23.2 Å². The highest BCUT2D eigenvalue weighted by molar-refractivity contribution is 6.33. The average molecular weight is 334 g/mol. The fourth-order valence-electron chi connectivity index (χ4n) is 1.67. The highest BCUT2D eigenvalue weighted by Gasteiger charge is 2.30. The molecule has 21 heavy (non-hydrogen) atoms. The summed E-state index contributed by atoms with van der Waals surface area (Å²) in [5.41, 5.74) is -0.463. The van der Waals surface area contributed by atoms with Crippen LogP contribution < -0.4 is 0 Å². The van der Waals surface area contributed by atoms with Gasteiger partial charge in [0, 0.05) is 22.7 Å². The molecular weight excluding hydrogens is 326 g/mol. The number of hydrogen-bond acceptors (Lipinski definition) is 2. The maximum absolute atomic E-state index is 12.4. The Bertz CT molecular complexity index is 669. The first-order valence-electron chi connectivity index (χ1n) is 5.78. The van der Waals surface area contributed by atoms with E-state index in [1.807, 2.05) is 0 Å². The van der Waals surface area contributed by atoms with E-state index in [1.54, 1.807) is 12.1 Å². The SMILES string of the molecule is O=C(Cc1cc(Cl)ccc1Cl)c1ccc(C(F)(F)F)cn1. The van der Waals surface area contributed by atoms with Gasteiger partial charge >= 0.3 is 6.18 Å². The Morgan fingerprint density at radius 2 is 1.86 bits per heavy atom. The van der Waals surface area contributed by atoms with Crippen molar-refractivity contribution in [2.75, 3.05) is 0 Å². The molecule has 0 fully saturated rings. The maximum atomic E-state index is 12.4. The van der Waals surface area contributed by atoms with Crippen LogP contribution in [0, 0.1) is 0 Å². The van der Waals surface area contributed by atoms with Crippen LogP contribution in [-0.4, -0.2) is 10.8 Å². The molecule has 0 aliphatic rings. The molecule has 0 N–H and O–H groups in total. The van der Waals surface area contributed by atoms with Crippen LogP contribution in [0.2, 0.25) is 10.0 Å². The molecule has 0 aliphatic heterocycles. The zero-order chi connectivity index (χ0) is 15.6. The van der Waals surface area contributed by atoms with E-state index in [2.05, 4.69) is 4.98 Å². The normalized spacial score (nSPS) is 11.5. The Labute approximate surface area is 128 Å². The first-order chi connectivity index (χ1) is 9.77. The van der Waals surface area contributed by atoms with E-state index in [0.29, 0.717) is 21.8 Å². The van der Waals surface area contributed by atoms with Gasteiger partial charge in [0.25, 0.3) is 0 Å². The summed E-state index contributed by atoms with van der Waals surface area (Å²) < 4.78 is 37.2. The lowest BCUT2D eigenvalue weighted by atomic mass is 10.1. The fourth-order valence-corrected chi connectivity index (χ4v) is 2.05. The minimum atomic E-state index is -4.48. The van der Waals surface area contributed by atoms with Gasteiger partial charge in [-0.3, -0.25) is 9.78 Å². The second-order valence-electron chi connectivity index (χ2n) is 4.27. The maximum Gasteiger partial charge on any atom is 0.417 e. The van der Waals surface area contributed by atoms with Gasteiger partial charge in [-0.05, 0) is 35.9 Å². The van der Waals surface area contributed by atoms with Crippen molar-refractivity contribution in [3.05, 3.63) is 63.4 Å². The molecule has 0 amide bonds. The van der Waals surface area contributed by atoms with Crippen LogP contribution in [0.5, 0.6) is 0 Å². The molecule has 110 valence electrons. The number of pyridine rings is 1. The van der Waals surface area contributed by atoms with Crippen LogP contribution in [0.25, 0.3) is 0 Å². The number of carbonyl (C=O) groups excluding carboxylic acids is 1. The molecule has 1 aromatic heterocycles. The van der Waals surface area contributed by atoms with Crippen LogP contribution >= 0.6 is 23.2 Å². The first kappa shape index (κ1) is 15.8. The first-order valence-corrected chi connectivity index (χ1v) is 6.53. The summed E-state index contributed by atoms with van der Waals surface area (Å²) in [4.78, 5) is 15.5. The standard InChI is InChI=1S/C14H8Cl2F3NO/c15-10-2-3-11(16)8(5-10)6-13(21)12-4-1-9(7-20-12)14(17,18)19/h1-5,7H,6H2. The quantitative estimate of drug-likeness (QED) is 0.753. The largest absolute Gasteiger partial charge is 0.417 e. The number of rotatable bonds is 3. The predicted molar refractivity (Wildman–Crippen MR) is 73.7 cm³/mol. The molecule has 0 saturated carbocycles. The van der Waals surface area contributed by atoms with E-state index in [-0.39, 0.29) is 12.1 Å². The molecule has 0 saturated heterocycles. The molecule has 2 rings (SSSR count). The summed E-state index contributed by atoms with van der Waals surface area (Å²) in [6.45, 7) is 0. The number of aromatic nitrogens is 1. The monoisotopic (exact) mass is 333 g/mol. The highest BCUT2D eigenvalue weighted by atomic mass is 35.5. The van der Waals surface area contributed by atoms with Gasteiger partial charge < -0.3 is 0 Å². The Morgan fingerprint density at radius 1 is 1.14 bits per heavy atom. The van der Waals surface area contributed by atoms with Crippen molar-refractivity contribution in [2.24, 2.45) is 0 Å². The number of ketones is 1. The number of Topliss-reactive ketones (excluding diaryl/α,β-unsaturated/α-hetero) is 1. The second kappa shape index (κ2) is 6.03. The molecule has 0 unspecified atom stereocenters. The topological polar surface area (TPSA) is 30.0 Å². The van der Waals surface area contributed by atoms with Crippen molar-refractivity contribution >= 4 is 29.0 Å². The minimum Gasteiger partial charge on any atom is -0.292 e. The second-order valence-corrected chi connectivity index (χ2v) is 5.11. The van der Waals surface area contributed by atoms with Gasteiger partial charge in [0.1, 0.15) is 5.69 Å². The van der Waals surface area contributed by atoms with Crippen molar-refractivity contribution in [3.8, 4) is 0 Å². The Morgan fingerprint density at radius 3 is 2.43 bits per heavy atom. The summed E-state index contributed by atoms with van der Waals surface area (Å²) in [5, 5.41) is 0.780. The third-order valence-corrected chi connectivity index (χ3v) is 3.34. The van der Waals surface area contributed by atoms with E-state index >= 15 is 0 Å². The molecule has 1 heterocycles. The molecule has 0 radical (unpaired) electrons. The van der Waals surface area contributed by atoms with Gasteiger partial charge in [0.15, 0.2) is 5.78 Å². The predicted octanol–water partition coefficient (Wildman–Crippen LogP) is 4.83. The van der Waals surface area contributed by atoms with Gasteiger partial charge in [-0.25, -0.2) is 0 Å². The number of hydrogen-bond donors (Lipinski definition) is 0. The van der Waals surface area contributed by atoms with Gasteiger partial charge in [-0.2, -0.15) is 13.2 Å². The highest BCUT2D eigenvalue weighted by Crippen LogP contribution is 2.28. The molecule has 0 bridgehead atoms. The van der Waals surface area contributed by atoms with Gasteiger partial charge in [-0.15, -0.1) is 0 Å². The number of benzene rings is 1. The van der Waals surface area contributed by atoms with Crippen LogP contribution in [0.4, 0.5) is 13.2 Å². The summed E-state index contributed by atoms with van der Waals surface area (Å²) in [6, 6.07) is 6.52. The van der Waals surface area contributed by atoms with Crippen LogP contribution in [0.1, 0.15) is 21.6 Å². The molecule has 7 heteroatoms. The van der Waals surface area contributed by atoms with Crippen LogP contribution in [0.3, 0.4) is 0 Å². The molecule has 1 aromatic carbocycles. The molecule has 0 aliphatic carbocycles. The van der Waals surface area contributed by atoms with Gasteiger partial charge in [0.05, 0.1) is 5.56 Å². The third kappa shape index (κ3) is 3.95. The van der Waals surface area contributed by atoms with E-state index < -0.39 is 17.5 Å². The van der Waals surface area contributed by atoms with Crippen molar-refractivity contribution in [1.82, 2.24) is 4.98 Å². The number of halogens is 5. The number of nitrogens with zero attached hydrogens (tertiary/aromatic N) is 1. The lowest BCUT2D eigenvalue weighted by Gasteiger charge is -2.07. The van der Waals surface area contributed by atoms with E-state index in [0.717, 1.165) is 12.1 Å². The minimum absolute atomic E-state index is 0.0564. The van der Waals surface area contributed by atoms with Crippen LogP contribution in [0.15, 0.2) is 36.5 Å². The summed E-state index contributed by atoms with van der Waals surface area (Å²) in [6.07, 6.45) is -3.94. The van der Waals surface area contributed by atoms with E-state index in [1.165, 1.54) is 6.07 Å². The van der Waals surface area contributed by atoms with Gasteiger partial charge in [0.2, 0.25) is 0 Å². The average Bonchev–Trinajstić information content (AvgIpc) is 2.42. The Kier molecular flexibility index (Phi) is 4.54. The molecule has 2 aromatic rings. The Hall–Kier alpha value is -1.59. The van der Waals surface area contributed by atoms with Crippen molar-refractivity contribution in [1.29, 1.82) is 0 Å². The smallest absolute Gasteiger partial charge is 0.292 e.